The summed E-state index contributed by atoms with van der Waals surface area (Å²) in [5, 5.41) is 0. The van der Waals surface area contributed by atoms with Crippen molar-refractivity contribution in [2.24, 2.45) is 0 Å². The van der Waals surface area contributed by atoms with Gasteiger partial charge in [-0.25, -0.2) is 0 Å². The number of nitrogens with zero attached hydrogens (tertiary/aromatic N) is 1. The lowest BCUT2D eigenvalue weighted by atomic mass is 9.93. The van der Waals surface area contributed by atoms with E-state index in [0.717, 1.165) is 28.8 Å². The molecule has 1 aliphatic heterocycles. The Hall–Kier alpha value is -0.530. The van der Waals surface area contributed by atoms with Crippen molar-refractivity contribution >= 4 is 59.4 Å². The van der Waals surface area contributed by atoms with Crippen LogP contribution in [0.3, 0.4) is 0 Å². The quantitative estimate of drug-likeness (QED) is 0.541. The maximum absolute atomic E-state index is 12.7. The fraction of sp³-hybridized carbons (Fsp3) is 0.438. The average molecular weight is 512 g/mol. The second kappa shape index (κ2) is 7.15. The molecule has 1 amide bonds. The first-order valence-electron chi connectivity index (χ1n) is 7.02. The Balaban J connectivity index is 2.60. The molecule has 1 aromatic rings. The van der Waals surface area contributed by atoms with Gasteiger partial charge in [0.15, 0.2) is 11.5 Å². The predicted octanol–water partition coefficient (Wildman–Crippen LogP) is 4.68. The first-order valence-corrected chi connectivity index (χ1v) is 9.40. The number of allylic oxidation sites excluding steroid dienone is 1. The van der Waals surface area contributed by atoms with Gasteiger partial charge in [-0.2, -0.15) is 0 Å². The third kappa shape index (κ3) is 3.77. The van der Waals surface area contributed by atoms with Crippen molar-refractivity contribution in [2.75, 3.05) is 20.8 Å². The van der Waals surface area contributed by atoms with E-state index >= 15 is 0 Å². The molecular weight excluding hydrogens is 494 g/mol. The van der Waals surface area contributed by atoms with E-state index in [2.05, 4.69) is 47.8 Å². The van der Waals surface area contributed by atoms with Gasteiger partial charge in [-0.3, -0.25) is 4.79 Å². The Kier molecular flexibility index (Phi) is 5.85. The van der Waals surface area contributed by atoms with Crippen LogP contribution in [0.15, 0.2) is 17.7 Å². The van der Waals surface area contributed by atoms with Gasteiger partial charge >= 0.3 is 0 Å². The minimum absolute atomic E-state index is 0.103. The third-order valence-corrected chi connectivity index (χ3v) is 4.72. The van der Waals surface area contributed by atoms with Gasteiger partial charge in [0.2, 0.25) is 2.14 Å². The van der Waals surface area contributed by atoms with Crippen molar-refractivity contribution in [3.8, 4) is 11.5 Å². The molecule has 1 aromatic carbocycles. The van der Waals surface area contributed by atoms with Crippen LogP contribution in [0.1, 0.15) is 25.0 Å². The van der Waals surface area contributed by atoms with Crippen LogP contribution in [0.5, 0.6) is 11.5 Å². The molecule has 0 saturated heterocycles. The number of fused-ring (bicyclic) bond motifs is 1. The second-order valence-corrected chi connectivity index (χ2v) is 12.2. The number of rotatable bonds is 2. The molecule has 1 heterocycles. The molecule has 0 spiro atoms. The topological polar surface area (TPSA) is 38.8 Å². The monoisotopic (exact) mass is 509 g/mol. The van der Waals surface area contributed by atoms with E-state index < -0.39 is 2.14 Å². The van der Waals surface area contributed by atoms with Crippen LogP contribution in [0.25, 0.3) is 5.70 Å². The standard InChI is InChI=1S/C16H18Br3NO3/c1-9(2)14-11-8-13(23-4)12(22-3)7-10(11)5-6-20(14)15(21)16(17,18)19/h7-8H,5-6H2,1-4H3. The highest BCUT2D eigenvalue weighted by atomic mass is 80.0. The first-order chi connectivity index (χ1) is 10.7. The zero-order valence-corrected chi connectivity index (χ0v) is 18.1. The highest BCUT2D eigenvalue weighted by Crippen LogP contribution is 2.42. The normalized spacial score (nSPS) is 14.4. The molecule has 0 atom stereocenters. The molecule has 0 bridgehead atoms. The molecule has 1 aliphatic rings. The summed E-state index contributed by atoms with van der Waals surface area (Å²) < 4.78 is 9.83. The molecule has 7 heteroatoms. The molecule has 23 heavy (non-hydrogen) atoms. The number of alkyl halides is 3. The van der Waals surface area contributed by atoms with Crippen molar-refractivity contribution < 1.29 is 14.3 Å². The molecule has 0 aliphatic carbocycles. The van der Waals surface area contributed by atoms with Crippen LogP contribution < -0.4 is 9.47 Å². The van der Waals surface area contributed by atoms with Gasteiger partial charge < -0.3 is 14.4 Å². The number of carbonyl (C=O) groups is 1. The van der Waals surface area contributed by atoms with Crippen molar-refractivity contribution in [2.45, 2.75) is 22.4 Å². The van der Waals surface area contributed by atoms with Crippen molar-refractivity contribution in [3.63, 3.8) is 0 Å². The number of carbonyl (C=O) groups excluding carboxylic acids is 1. The molecule has 0 fully saturated rings. The van der Waals surface area contributed by atoms with Crippen molar-refractivity contribution in [1.29, 1.82) is 0 Å². The summed E-state index contributed by atoms with van der Waals surface area (Å²) in [6, 6.07) is 3.93. The molecule has 0 radical (unpaired) electrons. The summed E-state index contributed by atoms with van der Waals surface area (Å²) in [4.78, 5) is 14.5. The number of methoxy groups -OCH3 is 2. The molecule has 0 aromatic heterocycles. The average Bonchev–Trinajstić information content (AvgIpc) is 2.50. The second-order valence-electron chi connectivity index (χ2n) is 5.42. The van der Waals surface area contributed by atoms with Gasteiger partial charge in [-0.1, -0.05) is 5.57 Å². The lowest BCUT2D eigenvalue weighted by Crippen LogP contribution is -2.41. The Bertz CT molecular complexity index is 661. The number of amides is 1. The number of benzene rings is 1. The van der Waals surface area contributed by atoms with Gasteiger partial charge in [0.05, 0.1) is 19.9 Å². The molecular formula is C16H18Br3NO3. The van der Waals surface area contributed by atoms with E-state index in [4.69, 9.17) is 9.47 Å². The number of halogens is 3. The summed E-state index contributed by atoms with van der Waals surface area (Å²) in [6.45, 7) is 4.60. The van der Waals surface area contributed by atoms with Crippen LogP contribution in [-0.4, -0.2) is 33.7 Å². The fourth-order valence-electron chi connectivity index (χ4n) is 2.73. The smallest absolute Gasteiger partial charge is 0.265 e. The maximum atomic E-state index is 12.7. The van der Waals surface area contributed by atoms with Crippen LogP contribution in [0, 0.1) is 0 Å². The van der Waals surface area contributed by atoms with E-state index in [9.17, 15) is 4.79 Å². The van der Waals surface area contributed by atoms with Crippen LogP contribution >= 0.6 is 47.8 Å². The van der Waals surface area contributed by atoms with E-state index in [1.165, 1.54) is 0 Å². The van der Waals surface area contributed by atoms with Crippen LogP contribution in [0.4, 0.5) is 0 Å². The van der Waals surface area contributed by atoms with E-state index in [1.54, 1.807) is 19.1 Å². The lowest BCUT2D eigenvalue weighted by Gasteiger charge is -2.35. The molecule has 0 saturated carbocycles. The minimum Gasteiger partial charge on any atom is -0.493 e. The maximum Gasteiger partial charge on any atom is 0.265 e. The van der Waals surface area contributed by atoms with Crippen molar-refractivity contribution in [1.82, 2.24) is 4.90 Å². The summed E-state index contributed by atoms with van der Waals surface area (Å²) in [6.07, 6.45) is 0.751. The van der Waals surface area contributed by atoms with Gasteiger partial charge in [0, 0.05) is 12.1 Å². The highest BCUT2D eigenvalue weighted by molar-refractivity contribution is 9.40. The Morgan fingerprint density at radius 1 is 1.13 bits per heavy atom. The van der Waals surface area contributed by atoms with Crippen molar-refractivity contribution in [3.05, 3.63) is 28.8 Å². The van der Waals surface area contributed by atoms with Crippen LogP contribution in [-0.2, 0) is 11.2 Å². The van der Waals surface area contributed by atoms with Gasteiger partial charge in [0.25, 0.3) is 5.91 Å². The number of hydrogen-bond donors (Lipinski definition) is 0. The zero-order chi connectivity index (χ0) is 17.4. The third-order valence-electron chi connectivity index (χ3n) is 3.70. The number of hydrogen-bond acceptors (Lipinski definition) is 3. The molecule has 2 rings (SSSR count). The highest BCUT2D eigenvalue weighted by Gasteiger charge is 2.38. The molecule has 4 nitrogen and oxygen atoms in total. The molecule has 126 valence electrons. The minimum atomic E-state index is -0.970. The van der Waals surface area contributed by atoms with E-state index in [1.807, 2.05) is 26.0 Å². The van der Waals surface area contributed by atoms with E-state index in [-0.39, 0.29) is 5.91 Å². The zero-order valence-electron chi connectivity index (χ0n) is 13.4. The van der Waals surface area contributed by atoms with E-state index in [0.29, 0.717) is 18.0 Å². The largest absolute Gasteiger partial charge is 0.493 e. The van der Waals surface area contributed by atoms with Gasteiger partial charge in [0.1, 0.15) is 0 Å². The lowest BCUT2D eigenvalue weighted by molar-refractivity contribution is -0.126. The summed E-state index contributed by atoms with van der Waals surface area (Å²) in [7, 11) is 3.23. The fourth-order valence-corrected chi connectivity index (χ4v) is 3.38. The Morgan fingerprint density at radius 2 is 1.70 bits per heavy atom. The summed E-state index contributed by atoms with van der Waals surface area (Å²) in [5.41, 5.74) is 4.11. The Labute approximate surface area is 161 Å². The summed E-state index contributed by atoms with van der Waals surface area (Å²) >= 11 is 9.97. The SMILES string of the molecule is COc1cc2c(cc1OC)C(=C(C)C)N(C(=O)C(Br)(Br)Br)CC2. The molecule has 0 N–H and O–H groups in total. The molecule has 0 unspecified atom stereocenters. The Morgan fingerprint density at radius 3 is 2.17 bits per heavy atom. The summed E-state index contributed by atoms with van der Waals surface area (Å²) in [5.74, 6) is 1.26. The van der Waals surface area contributed by atoms with Crippen LogP contribution in [0.2, 0.25) is 0 Å². The predicted molar refractivity (Wildman–Crippen MR) is 103 cm³/mol. The van der Waals surface area contributed by atoms with Gasteiger partial charge in [-0.15, -0.1) is 0 Å². The first kappa shape index (κ1) is 18.8. The van der Waals surface area contributed by atoms with Gasteiger partial charge in [-0.05, 0) is 85.8 Å². The number of ether oxygens (including phenoxy) is 2.